The van der Waals surface area contributed by atoms with Crippen molar-refractivity contribution in [2.45, 2.75) is 46.6 Å². The van der Waals surface area contributed by atoms with Crippen molar-refractivity contribution in [1.82, 2.24) is 24.9 Å². The molecule has 9 rings (SSSR count). The van der Waals surface area contributed by atoms with Crippen LogP contribution in [0, 0.1) is 0 Å². The van der Waals surface area contributed by atoms with E-state index in [1.807, 2.05) is 129 Å². The first kappa shape index (κ1) is 46.3. The summed E-state index contributed by atoms with van der Waals surface area (Å²) in [7, 11) is 2.05. The summed E-state index contributed by atoms with van der Waals surface area (Å²) in [4.78, 5) is 28.3. The molecule has 3 heterocycles. The van der Waals surface area contributed by atoms with Gasteiger partial charge in [-0.1, -0.05) is 150 Å². The van der Waals surface area contributed by atoms with Crippen LogP contribution in [0.5, 0.6) is 11.5 Å². The average Bonchev–Trinajstić information content (AvgIpc) is 3.37. The predicted octanol–water partition coefficient (Wildman–Crippen LogP) is 12.9. The van der Waals surface area contributed by atoms with Gasteiger partial charge >= 0.3 is 0 Å². The number of anilines is 2. The van der Waals surface area contributed by atoms with Crippen molar-refractivity contribution in [3.05, 3.63) is 199 Å². The summed E-state index contributed by atoms with van der Waals surface area (Å²) in [6, 6.07) is 59.0. The maximum Gasteiger partial charge on any atom is 0.163 e. The Kier molecular flexibility index (Phi) is 16.0. The highest BCUT2D eigenvalue weighted by molar-refractivity contribution is 5.92. The monoisotopic (exact) mass is 873 g/mol. The van der Waals surface area contributed by atoms with Crippen molar-refractivity contribution >= 4 is 33.4 Å². The molecule has 0 aliphatic heterocycles. The van der Waals surface area contributed by atoms with Gasteiger partial charge in [-0.05, 0) is 77.2 Å². The molecule has 9 aromatic rings. The van der Waals surface area contributed by atoms with Crippen LogP contribution in [0.3, 0.4) is 0 Å². The number of rotatable bonds is 14. The molecular formula is C57H59N7O2. The largest absolute Gasteiger partial charge is 0.492 e. The number of pyridine rings is 1. The van der Waals surface area contributed by atoms with Gasteiger partial charge in [-0.15, -0.1) is 0 Å². The van der Waals surface area contributed by atoms with E-state index in [1.165, 1.54) is 11.1 Å². The first-order valence-corrected chi connectivity index (χ1v) is 22.7. The van der Waals surface area contributed by atoms with Gasteiger partial charge in [-0.2, -0.15) is 0 Å². The van der Waals surface area contributed by atoms with E-state index in [1.54, 1.807) is 12.4 Å². The van der Waals surface area contributed by atoms with Crippen LogP contribution in [0.4, 0.5) is 11.6 Å². The minimum Gasteiger partial charge on any atom is -0.492 e. The number of hydrogen-bond donors (Lipinski definition) is 0. The van der Waals surface area contributed by atoms with Gasteiger partial charge < -0.3 is 19.3 Å². The summed E-state index contributed by atoms with van der Waals surface area (Å²) in [6.07, 6.45) is 3.56. The van der Waals surface area contributed by atoms with Gasteiger partial charge in [0.05, 0.1) is 24.1 Å². The Bertz CT molecular complexity index is 2860. The highest BCUT2D eigenvalue weighted by Crippen LogP contribution is 2.31. The van der Waals surface area contributed by atoms with Gasteiger partial charge in [-0.25, -0.2) is 19.9 Å². The molecule has 0 saturated carbocycles. The third-order valence-corrected chi connectivity index (χ3v) is 10.8. The van der Waals surface area contributed by atoms with Gasteiger partial charge in [0.2, 0.25) is 0 Å². The van der Waals surface area contributed by atoms with Crippen molar-refractivity contribution in [2.24, 2.45) is 0 Å². The smallest absolute Gasteiger partial charge is 0.163 e. The lowest BCUT2D eigenvalue weighted by atomic mass is 9.87. The fourth-order valence-corrected chi connectivity index (χ4v) is 7.30. The lowest BCUT2D eigenvalue weighted by Crippen LogP contribution is -2.29. The van der Waals surface area contributed by atoms with Crippen molar-refractivity contribution < 1.29 is 9.47 Å². The Hall–Kier alpha value is -7.65. The maximum absolute atomic E-state index is 6.03. The van der Waals surface area contributed by atoms with Crippen LogP contribution < -0.4 is 19.3 Å². The van der Waals surface area contributed by atoms with E-state index < -0.39 is 0 Å². The molecule has 0 saturated heterocycles. The van der Waals surface area contributed by atoms with Crippen molar-refractivity contribution in [3.8, 4) is 34.3 Å². The molecule has 0 bridgehead atoms. The highest BCUT2D eigenvalue weighted by Gasteiger charge is 2.18. The number of benzene rings is 6. The third-order valence-electron chi connectivity index (χ3n) is 10.8. The molecule has 66 heavy (non-hydrogen) atoms. The second-order valence-electron chi connectivity index (χ2n) is 16.5. The number of fused-ring (bicyclic) bond motifs is 2. The van der Waals surface area contributed by atoms with Crippen molar-refractivity contribution in [1.29, 1.82) is 0 Å². The summed E-state index contributed by atoms with van der Waals surface area (Å²) in [5.74, 6) is 4.95. The Morgan fingerprint density at radius 3 is 1.55 bits per heavy atom. The topological polar surface area (TPSA) is 89.4 Å². The van der Waals surface area contributed by atoms with Crippen molar-refractivity contribution in [3.63, 3.8) is 0 Å². The second kappa shape index (κ2) is 22.8. The van der Waals surface area contributed by atoms with Crippen LogP contribution in [0.15, 0.2) is 188 Å². The number of nitrogens with zero attached hydrogens (tertiary/aromatic N) is 7. The van der Waals surface area contributed by atoms with Gasteiger partial charge in [0.1, 0.15) is 36.3 Å². The molecule has 0 fully saturated rings. The number of aromatic nitrogens is 5. The fourth-order valence-electron chi connectivity index (χ4n) is 7.30. The van der Waals surface area contributed by atoms with E-state index in [0.717, 1.165) is 68.4 Å². The molecule has 0 aliphatic carbocycles. The lowest BCUT2D eigenvalue weighted by Gasteiger charge is -2.26. The fraction of sp³-hybridized carbons (Fsp3) is 0.211. The molecule has 9 nitrogen and oxygen atoms in total. The van der Waals surface area contributed by atoms with E-state index >= 15 is 0 Å². The first-order chi connectivity index (χ1) is 32.3. The summed E-state index contributed by atoms with van der Waals surface area (Å²) in [5.41, 5.74) is 6.39. The number of hydrogen-bond acceptors (Lipinski definition) is 9. The zero-order valence-corrected chi connectivity index (χ0v) is 38.9. The standard InChI is InChI=1S/C28H24N4O.C27H29N3O.C2H6/c1-3-10-22(11-4-1)21-32(18-19-33-24-13-5-2-6-14-24)28-25-15-7-8-16-26(25)30-27(31-28)23-12-9-17-29-20-23;1-27(2,3)21-16-14-20(15-17-21)25-28-24-13-9-8-12-23(24)26(29-25)30(4)18-19-31-22-10-6-5-7-11-22;1-2/h1-17,20H,18-19,21H2;5-17H,18-19H2,1-4H3;1-2H3. The van der Waals surface area contributed by atoms with Gasteiger partial charge in [0.15, 0.2) is 11.6 Å². The molecule has 0 atom stereocenters. The Morgan fingerprint density at radius 2 is 0.985 bits per heavy atom. The number of para-hydroxylation sites is 4. The molecule has 0 aliphatic rings. The quantitative estimate of drug-likeness (QED) is 0.106. The van der Waals surface area contributed by atoms with Crippen LogP contribution in [-0.4, -0.2) is 58.3 Å². The molecule has 0 N–H and O–H groups in total. The van der Waals surface area contributed by atoms with Crippen LogP contribution >= 0.6 is 0 Å². The number of ether oxygens (including phenoxy) is 2. The summed E-state index contributed by atoms with van der Waals surface area (Å²) < 4.78 is 11.9. The minimum atomic E-state index is 0.118. The first-order valence-electron chi connectivity index (χ1n) is 22.7. The number of likely N-dealkylation sites (N-methyl/N-ethyl adjacent to an activating group) is 1. The zero-order chi connectivity index (χ0) is 46.1. The van der Waals surface area contributed by atoms with Crippen LogP contribution in [0.2, 0.25) is 0 Å². The van der Waals surface area contributed by atoms with E-state index in [0.29, 0.717) is 32.1 Å². The van der Waals surface area contributed by atoms with E-state index in [9.17, 15) is 0 Å². The van der Waals surface area contributed by atoms with Crippen LogP contribution in [0.1, 0.15) is 45.7 Å². The molecule has 0 unspecified atom stereocenters. The van der Waals surface area contributed by atoms with Crippen molar-refractivity contribution in [2.75, 3.05) is 43.2 Å². The molecule has 3 aromatic heterocycles. The SMILES string of the molecule is CC.CN(CCOc1ccccc1)c1nc(-c2ccc(C(C)(C)C)cc2)nc2ccccc12.c1ccc(CN(CCOc2ccccc2)c2nc(-c3cccnc3)nc3ccccc23)cc1. The predicted molar refractivity (Wildman–Crippen MR) is 272 cm³/mol. The van der Waals surface area contributed by atoms with E-state index in [-0.39, 0.29) is 5.41 Å². The van der Waals surface area contributed by atoms with E-state index in [2.05, 4.69) is 103 Å². The highest BCUT2D eigenvalue weighted by atomic mass is 16.5. The maximum atomic E-state index is 6.03. The van der Waals surface area contributed by atoms with Gasteiger partial charge in [0, 0.05) is 47.9 Å². The summed E-state index contributed by atoms with van der Waals surface area (Å²) in [5, 5.41) is 2.06. The summed E-state index contributed by atoms with van der Waals surface area (Å²) >= 11 is 0. The average molecular weight is 874 g/mol. The molecule has 0 radical (unpaired) electrons. The second-order valence-corrected chi connectivity index (χ2v) is 16.5. The third kappa shape index (κ3) is 12.3. The minimum absolute atomic E-state index is 0.118. The zero-order valence-electron chi connectivity index (χ0n) is 38.9. The normalized spacial score (nSPS) is 10.9. The lowest BCUT2D eigenvalue weighted by molar-refractivity contribution is 0.323. The van der Waals surface area contributed by atoms with E-state index in [4.69, 9.17) is 29.4 Å². The molecule has 9 heteroatoms. The molecule has 334 valence electrons. The van der Waals surface area contributed by atoms with Crippen LogP contribution in [-0.2, 0) is 12.0 Å². The summed E-state index contributed by atoms with van der Waals surface area (Å²) in [6.45, 7) is 13.9. The van der Waals surface area contributed by atoms with Gasteiger partial charge in [-0.3, -0.25) is 4.98 Å². The van der Waals surface area contributed by atoms with Crippen LogP contribution in [0.25, 0.3) is 44.6 Å². The molecule has 0 amide bonds. The molecule has 0 spiro atoms. The Morgan fingerprint density at radius 1 is 0.485 bits per heavy atom. The Labute approximate surface area is 389 Å². The van der Waals surface area contributed by atoms with Gasteiger partial charge in [0.25, 0.3) is 0 Å². The Balaban J connectivity index is 0.000000190. The molecule has 6 aromatic carbocycles. The molecular weight excluding hydrogens is 815 g/mol.